The van der Waals surface area contributed by atoms with E-state index in [1.54, 1.807) is 0 Å². The van der Waals surface area contributed by atoms with Gasteiger partial charge >= 0.3 is 29.6 Å². The van der Waals surface area contributed by atoms with Crippen LogP contribution in [0.4, 0.5) is 14.6 Å². The number of nitrogens with zero attached hydrogens (tertiary/aromatic N) is 2. The van der Waals surface area contributed by atoms with Gasteiger partial charge in [0.2, 0.25) is 0 Å². The minimum atomic E-state index is -5.61. The summed E-state index contributed by atoms with van der Waals surface area (Å²) in [5.74, 6) is -1.70. The second kappa shape index (κ2) is 10.3. The molecule has 1 saturated heterocycles. The lowest BCUT2D eigenvalue weighted by Gasteiger charge is -2.26. The van der Waals surface area contributed by atoms with E-state index in [-0.39, 0.29) is 5.82 Å². The Morgan fingerprint density at radius 2 is 2.00 bits per heavy atom. The van der Waals surface area contributed by atoms with E-state index in [1.807, 2.05) is 0 Å². The number of aliphatic hydroxyl groups excluding tert-OH is 1. The quantitative estimate of drug-likeness (QED) is 0.148. The SMILES string of the molecule is Nc1ccn([C@@H]2O[C@](CF)(CO[P+](=O)OP(=O)(O)OP(=O)(O)OO)[C@@H](O)[C@@H]2CF)c(=O)n1. The molecule has 0 aliphatic carbocycles. The van der Waals surface area contributed by atoms with Crippen molar-refractivity contribution in [1.82, 2.24) is 9.55 Å². The van der Waals surface area contributed by atoms with Crippen molar-refractivity contribution in [3.63, 3.8) is 0 Å². The van der Waals surface area contributed by atoms with Crippen molar-refractivity contribution >= 4 is 29.7 Å². The number of nitrogens with two attached hydrogens (primary N) is 1. The number of phosphoric acid groups is 2. The van der Waals surface area contributed by atoms with Gasteiger partial charge in [-0.15, -0.1) is 9.20 Å². The molecule has 0 radical (unpaired) electrons. The lowest BCUT2D eigenvalue weighted by atomic mass is 9.92. The number of rotatable bonds is 11. The Morgan fingerprint density at radius 3 is 2.53 bits per heavy atom. The first-order chi connectivity index (χ1) is 14.8. The number of halogens is 2. The molecule has 1 aliphatic rings. The topological polar surface area (TPSA) is 239 Å². The monoisotopic (exact) mass is 530 g/mol. The van der Waals surface area contributed by atoms with Crippen molar-refractivity contribution in [3.8, 4) is 0 Å². The van der Waals surface area contributed by atoms with E-state index in [0.29, 0.717) is 0 Å². The molecule has 1 aromatic heterocycles. The van der Waals surface area contributed by atoms with Crippen LogP contribution in [-0.2, 0) is 36.3 Å². The summed E-state index contributed by atoms with van der Waals surface area (Å²) in [4.78, 5) is 33.4. The van der Waals surface area contributed by atoms with Gasteiger partial charge in [-0.2, -0.15) is 9.29 Å². The third-order valence-corrected chi connectivity index (χ3v) is 7.65. The van der Waals surface area contributed by atoms with Crippen molar-refractivity contribution in [1.29, 1.82) is 0 Å². The lowest BCUT2D eigenvalue weighted by Crippen LogP contribution is -2.47. The Hall–Kier alpha value is -1.26. The zero-order chi connectivity index (χ0) is 24.3. The second-order valence-electron chi connectivity index (χ2n) is 6.19. The minimum absolute atomic E-state index is 0.175. The average molecular weight is 530 g/mol. The maximum atomic E-state index is 13.8. The standard InChI is InChI=1S/C11H16F2N3O13P3/c12-3-6-8(17)11(4-13,26-9(6)16-2-1-7(14)15-10(16)18)5-25-30(20)28-32(23,24)29-31(21,22)27-19/h1-2,6,8-9,17H,3-5H2,(H4-,14,15,18,19,21,22,23,24)/p+1/t6-,8-,9+,11+/m0/s1. The van der Waals surface area contributed by atoms with Crippen LogP contribution in [0.5, 0.6) is 0 Å². The first kappa shape index (κ1) is 27.0. The van der Waals surface area contributed by atoms with Gasteiger partial charge in [-0.05, 0) is 10.4 Å². The molecular formula is C11H17F2N3O13P3+. The Morgan fingerprint density at radius 1 is 1.34 bits per heavy atom. The zero-order valence-electron chi connectivity index (χ0n) is 15.5. The molecule has 0 aromatic carbocycles. The Balaban J connectivity index is 2.17. The summed E-state index contributed by atoms with van der Waals surface area (Å²) in [6.07, 6.45) is -2.52. The van der Waals surface area contributed by atoms with Crippen molar-refractivity contribution in [2.24, 2.45) is 5.92 Å². The average Bonchev–Trinajstić information content (AvgIpc) is 2.97. The molecule has 3 unspecified atom stereocenters. The van der Waals surface area contributed by atoms with Crippen LogP contribution in [0.1, 0.15) is 6.23 Å². The molecule has 2 rings (SSSR count). The van der Waals surface area contributed by atoms with Crippen LogP contribution in [0.25, 0.3) is 0 Å². The molecule has 6 N–H and O–H groups in total. The fourth-order valence-electron chi connectivity index (χ4n) is 2.69. The largest absolute Gasteiger partial charge is 0.708 e. The highest BCUT2D eigenvalue weighted by Crippen LogP contribution is 2.63. The Labute approximate surface area is 177 Å². The third-order valence-electron chi connectivity index (χ3n) is 4.09. The van der Waals surface area contributed by atoms with Crippen LogP contribution < -0.4 is 11.4 Å². The predicted molar refractivity (Wildman–Crippen MR) is 96.3 cm³/mol. The van der Waals surface area contributed by atoms with Gasteiger partial charge in [0.25, 0.3) is 0 Å². The maximum absolute atomic E-state index is 13.8. The summed E-state index contributed by atoms with van der Waals surface area (Å²) in [7, 11) is -14.8. The normalized spacial score (nSPS) is 29.9. The Kier molecular flexibility index (Phi) is 8.72. The lowest BCUT2D eigenvalue weighted by molar-refractivity contribution is -0.157. The summed E-state index contributed by atoms with van der Waals surface area (Å²) >= 11 is 0. The molecule has 0 bridgehead atoms. The molecule has 1 fully saturated rings. The van der Waals surface area contributed by atoms with Gasteiger partial charge < -0.3 is 20.5 Å². The van der Waals surface area contributed by atoms with Crippen LogP contribution in [0.3, 0.4) is 0 Å². The van der Waals surface area contributed by atoms with Gasteiger partial charge in [-0.3, -0.25) is 13.9 Å². The predicted octanol–water partition coefficient (Wildman–Crippen LogP) is 0.407. The number of aliphatic hydroxyl groups is 1. The van der Waals surface area contributed by atoms with Gasteiger partial charge in [-0.25, -0.2) is 23.6 Å². The summed E-state index contributed by atoms with van der Waals surface area (Å²) in [5, 5.41) is 18.4. The van der Waals surface area contributed by atoms with Gasteiger partial charge in [0, 0.05) is 10.8 Å². The molecule has 0 saturated carbocycles. The van der Waals surface area contributed by atoms with E-state index in [4.69, 9.17) is 20.6 Å². The van der Waals surface area contributed by atoms with E-state index < -0.39 is 73.4 Å². The fraction of sp³-hybridized carbons (Fsp3) is 0.636. The number of anilines is 1. The molecule has 0 amide bonds. The highest BCUT2D eigenvalue weighted by Gasteiger charge is 2.58. The van der Waals surface area contributed by atoms with E-state index >= 15 is 0 Å². The number of ether oxygens (including phenoxy) is 1. The molecule has 1 aliphatic heterocycles. The number of hydrogen-bond donors (Lipinski definition) is 5. The molecular weight excluding hydrogens is 513 g/mol. The van der Waals surface area contributed by atoms with Crippen LogP contribution in [0.2, 0.25) is 0 Å². The number of hydrogen-bond acceptors (Lipinski definition) is 13. The maximum Gasteiger partial charge on any atom is 0.708 e. The van der Waals surface area contributed by atoms with Crippen LogP contribution in [0.15, 0.2) is 17.1 Å². The van der Waals surface area contributed by atoms with Gasteiger partial charge in [0.15, 0.2) is 5.60 Å². The molecule has 16 nitrogen and oxygen atoms in total. The van der Waals surface area contributed by atoms with E-state index in [9.17, 15) is 37.3 Å². The smallest absolute Gasteiger partial charge is 0.389 e. The van der Waals surface area contributed by atoms with Crippen molar-refractivity contribution in [2.75, 3.05) is 25.7 Å². The number of nitrogen functional groups attached to an aromatic ring is 1. The van der Waals surface area contributed by atoms with Gasteiger partial charge in [-0.1, -0.05) is 0 Å². The highest BCUT2D eigenvalue weighted by atomic mass is 31.3. The fourth-order valence-corrected chi connectivity index (χ4v) is 5.42. The summed E-state index contributed by atoms with van der Waals surface area (Å²) < 4.78 is 82.4. The van der Waals surface area contributed by atoms with E-state index in [0.717, 1.165) is 16.8 Å². The second-order valence-corrected chi connectivity index (χ2v) is 10.2. The van der Waals surface area contributed by atoms with Crippen molar-refractivity contribution < 1.29 is 65.2 Å². The molecule has 0 spiro atoms. The summed E-state index contributed by atoms with van der Waals surface area (Å²) in [5.41, 5.74) is 1.93. The van der Waals surface area contributed by atoms with Crippen LogP contribution in [0, 0.1) is 5.92 Å². The molecule has 21 heteroatoms. The van der Waals surface area contributed by atoms with Crippen molar-refractivity contribution in [3.05, 3.63) is 22.7 Å². The molecule has 32 heavy (non-hydrogen) atoms. The summed E-state index contributed by atoms with van der Waals surface area (Å²) in [6.45, 7) is -4.05. The zero-order valence-corrected chi connectivity index (χ0v) is 18.2. The third kappa shape index (κ3) is 6.20. The van der Waals surface area contributed by atoms with Crippen LogP contribution >= 0.6 is 23.9 Å². The molecule has 182 valence electrons. The molecule has 2 heterocycles. The molecule has 7 atom stereocenters. The van der Waals surface area contributed by atoms with E-state index in [2.05, 4.69) is 22.8 Å². The number of aromatic nitrogens is 2. The van der Waals surface area contributed by atoms with Gasteiger partial charge in [0.1, 0.15) is 25.3 Å². The van der Waals surface area contributed by atoms with Crippen molar-refractivity contribution in [2.45, 2.75) is 17.9 Å². The highest BCUT2D eigenvalue weighted by molar-refractivity contribution is 7.64. The number of alkyl halides is 2. The molecule has 1 aromatic rings. The first-order valence-electron chi connectivity index (χ1n) is 8.12. The van der Waals surface area contributed by atoms with Crippen LogP contribution in [-0.4, -0.2) is 61.4 Å². The van der Waals surface area contributed by atoms with E-state index in [1.165, 1.54) is 0 Å². The minimum Gasteiger partial charge on any atom is -0.389 e. The Bertz CT molecular complexity index is 997. The first-order valence-corrected chi connectivity index (χ1v) is 12.2. The summed E-state index contributed by atoms with van der Waals surface area (Å²) in [6, 6.07) is 1.15. The van der Waals surface area contributed by atoms with Gasteiger partial charge in [0.05, 0.1) is 18.7 Å².